The van der Waals surface area contributed by atoms with Crippen LogP contribution in [0.4, 0.5) is 5.69 Å². The maximum Gasteiger partial charge on any atom is 0.123 e. The first kappa shape index (κ1) is 13.7. The van der Waals surface area contributed by atoms with E-state index in [4.69, 9.17) is 11.1 Å². The summed E-state index contributed by atoms with van der Waals surface area (Å²) in [6.45, 7) is 4.10. The Balaban J connectivity index is 1.83. The molecule has 3 N–H and O–H groups in total. The molecule has 0 saturated heterocycles. The number of amidine groups is 1. The Kier molecular flexibility index (Phi) is 3.65. The summed E-state index contributed by atoms with van der Waals surface area (Å²) in [5.74, 6) is 0.141. The maximum absolute atomic E-state index is 7.58. The summed E-state index contributed by atoms with van der Waals surface area (Å²) in [6.07, 6.45) is 2.17. The minimum absolute atomic E-state index is 0.141. The standard InChI is InChI=1S/C18H21N3/c1-13-12-16(6-7-17(13)18(19)20)21-10-8-14-4-2-3-5-15(14)9-11-21/h2-7,12H,8-11H2,1H3,(H3,19,20). The topological polar surface area (TPSA) is 53.1 Å². The van der Waals surface area contributed by atoms with Gasteiger partial charge < -0.3 is 10.6 Å². The lowest BCUT2D eigenvalue weighted by Crippen LogP contribution is -2.26. The van der Waals surface area contributed by atoms with Crippen molar-refractivity contribution in [1.82, 2.24) is 0 Å². The number of nitrogens with one attached hydrogen (secondary N) is 1. The highest BCUT2D eigenvalue weighted by molar-refractivity contribution is 5.96. The van der Waals surface area contributed by atoms with Crippen LogP contribution < -0.4 is 10.6 Å². The number of aryl methyl sites for hydroxylation is 1. The largest absolute Gasteiger partial charge is 0.384 e. The van der Waals surface area contributed by atoms with Crippen molar-refractivity contribution in [2.75, 3.05) is 18.0 Å². The van der Waals surface area contributed by atoms with Crippen molar-refractivity contribution < 1.29 is 0 Å². The van der Waals surface area contributed by atoms with Gasteiger partial charge in [-0.2, -0.15) is 0 Å². The van der Waals surface area contributed by atoms with Crippen molar-refractivity contribution in [2.24, 2.45) is 5.73 Å². The zero-order chi connectivity index (χ0) is 14.8. The van der Waals surface area contributed by atoms with Crippen LogP contribution in [-0.4, -0.2) is 18.9 Å². The van der Waals surface area contributed by atoms with Gasteiger partial charge in [0.1, 0.15) is 5.84 Å². The number of benzene rings is 2. The highest BCUT2D eigenvalue weighted by atomic mass is 15.1. The molecule has 0 fully saturated rings. The SMILES string of the molecule is Cc1cc(N2CCc3ccccc3CC2)ccc1C(=N)N. The summed E-state index contributed by atoms with van der Waals surface area (Å²) in [5, 5.41) is 7.58. The summed E-state index contributed by atoms with van der Waals surface area (Å²) in [5.41, 5.74) is 11.7. The first-order valence-corrected chi connectivity index (χ1v) is 7.42. The zero-order valence-electron chi connectivity index (χ0n) is 12.4. The molecule has 2 aromatic carbocycles. The van der Waals surface area contributed by atoms with Gasteiger partial charge in [-0.05, 0) is 54.7 Å². The van der Waals surface area contributed by atoms with Gasteiger partial charge in [0.15, 0.2) is 0 Å². The fourth-order valence-electron chi connectivity index (χ4n) is 3.07. The van der Waals surface area contributed by atoms with Crippen molar-refractivity contribution in [3.8, 4) is 0 Å². The lowest BCUT2D eigenvalue weighted by atomic mass is 10.0. The summed E-state index contributed by atoms with van der Waals surface area (Å²) < 4.78 is 0. The molecule has 0 unspecified atom stereocenters. The van der Waals surface area contributed by atoms with Crippen LogP contribution in [0.1, 0.15) is 22.3 Å². The van der Waals surface area contributed by atoms with Crippen molar-refractivity contribution in [3.63, 3.8) is 0 Å². The summed E-state index contributed by atoms with van der Waals surface area (Å²) in [7, 11) is 0. The van der Waals surface area contributed by atoms with Crippen LogP contribution >= 0.6 is 0 Å². The fraction of sp³-hybridized carbons (Fsp3) is 0.278. The lowest BCUT2D eigenvalue weighted by Gasteiger charge is -2.23. The van der Waals surface area contributed by atoms with E-state index in [9.17, 15) is 0 Å². The molecule has 0 bridgehead atoms. The molecule has 3 nitrogen and oxygen atoms in total. The van der Waals surface area contributed by atoms with E-state index in [0.29, 0.717) is 0 Å². The molecule has 0 saturated carbocycles. The molecule has 3 heteroatoms. The van der Waals surface area contributed by atoms with E-state index in [1.807, 2.05) is 13.0 Å². The molecule has 108 valence electrons. The Hall–Kier alpha value is -2.29. The molecule has 0 spiro atoms. The van der Waals surface area contributed by atoms with Gasteiger partial charge in [-0.3, -0.25) is 5.41 Å². The molecule has 3 rings (SSSR count). The average molecular weight is 279 g/mol. The molecule has 1 heterocycles. The number of nitrogen functional groups attached to an aromatic ring is 1. The number of hydrogen-bond acceptors (Lipinski definition) is 2. The average Bonchev–Trinajstić information content (AvgIpc) is 2.69. The molecule has 21 heavy (non-hydrogen) atoms. The van der Waals surface area contributed by atoms with E-state index in [2.05, 4.69) is 41.3 Å². The van der Waals surface area contributed by atoms with Gasteiger partial charge in [0.25, 0.3) is 0 Å². The third kappa shape index (κ3) is 2.77. The molecule has 2 aromatic rings. The predicted molar refractivity (Wildman–Crippen MR) is 88.3 cm³/mol. The highest BCUT2D eigenvalue weighted by Crippen LogP contribution is 2.23. The fourth-order valence-corrected chi connectivity index (χ4v) is 3.07. The molecular formula is C18H21N3. The number of nitrogens with zero attached hydrogens (tertiary/aromatic N) is 1. The maximum atomic E-state index is 7.58. The van der Waals surface area contributed by atoms with E-state index < -0.39 is 0 Å². The Labute approximate surface area is 125 Å². The smallest absolute Gasteiger partial charge is 0.123 e. The van der Waals surface area contributed by atoms with Gasteiger partial charge in [0.2, 0.25) is 0 Å². The Morgan fingerprint density at radius 2 is 1.67 bits per heavy atom. The Morgan fingerprint density at radius 1 is 1.05 bits per heavy atom. The van der Waals surface area contributed by atoms with Crippen LogP contribution in [0, 0.1) is 12.3 Å². The minimum Gasteiger partial charge on any atom is -0.384 e. The van der Waals surface area contributed by atoms with Crippen LogP contribution in [0.25, 0.3) is 0 Å². The highest BCUT2D eigenvalue weighted by Gasteiger charge is 2.14. The quantitative estimate of drug-likeness (QED) is 0.656. The molecular weight excluding hydrogens is 258 g/mol. The first-order chi connectivity index (χ1) is 10.1. The predicted octanol–water partition coefficient (Wildman–Crippen LogP) is 2.88. The van der Waals surface area contributed by atoms with E-state index in [-0.39, 0.29) is 5.84 Å². The number of nitrogens with two attached hydrogens (primary N) is 1. The number of fused-ring (bicyclic) bond motifs is 1. The van der Waals surface area contributed by atoms with E-state index >= 15 is 0 Å². The third-order valence-corrected chi connectivity index (χ3v) is 4.29. The molecule has 1 aliphatic rings. The van der Waals surface area contributed by atoms with Gasteiger partial charge in [0, 0.05) is 24.3 Å². The van der Waals surface area contributed by atoms with Crippen LogP contribution in [0.5, 0.6) is 0 Å². The zero-order valence-corrected chi connectivity index (χ0v) is 12.4. The number of rotatable bonds is 2. The normalized spacial score (nSPS) is 14.4. The van der Waals surface area contributed by atoms with Gasteiger partial charge in [-0.1, -0.05) is 24.3 Å². The minimum atomic E-state index is 0.141. The second kappa shape index (κ2) is 5.60. The van der Waals surface area contributed by atoms with Crippen LogP contribution in [0.2, 0.25) is 0 Å². The van der Waals surface area contributed by atoms with Crippen molar-refractivity contribution in [2.45, 2.75) is 19.8 Å². The Bertz CT molecular complexity index is 649. The van der Waals surface area contributed by atoms with Gasteiger partial charge >= 0.3 is 0 Å². The summed E-state index contributed by atoms with van der Waals surface area (Å²) in [4.78, 5) is 2.43. The third-order valence-electron chi connectivity index (χ3n) is 4.29. The Morgan fingerprint density at radius 3 is 2.19 bits per heavy atom. The number of anilines is 1. The van der Waals surface area contributed by atoms with E-state index in [0.717, 1.165) is 37.1 Å². The van der Waals surface area contributed by atoms with Crippen molar-refractivity contribution >= 4 is 11.5 Å². The van der Waals surface area contributed by atoms with Crippen LogP contribution in [0.15, 0.2) is 42.5 Å². The summed E-state index contributed by atoms with van der Waals surface area (Å²) >= 11 is 0. The molecule has 0 aromatic heterocycles. The van der Waals surface area contributed by atoms with Crippen LogP contribution in [-0.2, 0) is 12.8 Å². The summed E-state index contributed by atoms with van der Waals surface area (Å²) in [6, 6.07) is 14.9. The second-order valence-electron chi connectivity index (χ2n) is 5.67. The first-order valence-electron chi connectivity index (χ1n) is 7.42. The molecule has 0 atom stereocenters. The molecule has 0 radical (unpaired) electrons. The molecule has 0 amide bonds. The molecule has 1 aliphatic heterocycles. The van der Waals surface area contributed by atoms with Crippen LogP contribution in [0.3, 0.4) is 0 Å². The van der Waals surface area contributed by atoms with Crippen molar-refractivity contribution in [1.29, 1.82) is 5.41 Å². The van der Waals surface area contributed by atoms with Crippen molar-refractivity contribution in [3.05, 3.63) is 64.7 Å². The molecule has 0 aliphatic carbocycles. The monoisotopic (exact) mass is 279 g/mol. The second-order valence-corrected chi connectivity index (χ2v) is 5.67. The van der Waals surface area contributed by atoms with E-state index in [1.54, 1.807) is 0 Å². The van der Waals surface area contributed by atoms with Gasteiger partial charge in [-0.15, -0.1) is 0 Å². The van der Waals surface area contributed by atoms with Gasteiger partial charge in [0.05, 0.1) is 0 Å². The number of hydrogen-bond donors (Lipinski definition) is 2. The van der Waals surface area contributed by atoms with Gasteiger partial charge in [-0.25, -0.2) is 0 Å². The van der Waals surface area contributed by atoms with E-state index in [1.165, 1.54) is 16.8 Å². The lowest BCUT2D eigenvalue weighted by molar-refractivity contribution is 0.805.